The van der Waals surface area contributed by atoms with Crippen LogP contribution in [0, 0.1) is 0 Å². The van der Waals surface area contributed by atoms with Gasteiger partial charge in [-0.3, -0.25) is 9.69 Å². The third kappa shape index (κ3) is 2.22. The van der Waals surface area contributed by atoms with Crippen molar-refractivity contribution in [3.63, 3.8) is 0 Å². The minimum Gasteiger partial charge on any atom is -0.448 e. The highest BCUT2D eigenvalue weighted by atomic mass is 16.6. The maximum absolute atomic E-state index is 12.6. The molecule has 2 atom stereocenters. The van der Waals surface area contributed by atoms with Crippen LogP contribution < -0.4 is 0 Å². The van der Waals surface area contributed by atoms with Crippen molar-refractivity contribution in [2.45, 2.75) is 43.8 Å². The fourth-order valence-electron chi connectivity index (χ4n) is 3.97. The van der Waals surface area contributed by atoms with Crippen molar-refractivity contribution in [3.8, 4) is 0 Å². The highest BCUT2D eigenvalue weighted by Crippen LogP contribution is 2.40. The van der Waals surface area contributed by atoms with Crippen LogP contribution in [0.1, 0.15) is 31.7 Å². The van der Waals surface area contributed by atoms with Gasteiger partial charge in [0, 0.05) is 12.1 Å². The van der Waals surface area contributed by atoms with Crippen molar-refractivity contribution in [1.82, 2.24) is 24.8 Å². The van der Waals surface area contributed by atoms with Gasteiger partial charge in [0.05, 0.1) is 25.0 Å². The van der Waals surface area contributed by atoms with Gasteiger partial charge in [0.2, 0.25) is 5.91 Å². The lowest BCUT2D eigenvalue weighted by molar-refractivity contribution is -0.136. The molecule has 0 radical (unpaired) electrons. The third-order valence-corrected chi connectivity index (χ3v) is 4.93. The maximum atomic E-state index is 12.6. The number of nitrogens with zero attached hydrogens (tertiary/aromatic N) is 5. The van der Waals surface area contributed by atoms with Crippen LogP contribution in [0.5, 0.6) is 0 Å². The highest BCUT2D eigenvalue weighted by molar-refractivity contribution is 5.83. The van der Waals surface area contributed by atoms with E-state index in [1.54, 1.807) is 17.2 Å². The van der Waals surface area contributed by atoms with Gasteiger partial charge in [-0.1, -0.05) is 0 Å². The molecule has 4 heterocycles. The van der Waals surface area contributed by atoms with E-state index in [9.17, 15) is 9.59 Å². The van der Waals surface area contributed by atoms with Crippen molar-refractivity contribution in [3.05, 3.63) is 12.4 Å². The number of cyclic esters (lactones) is 1. The molecule has 8 heteroatoms. The Morgan fingerprint density at radius 2 is 1.86 bits per heavy atom. The fourth-order valence-corrected chi connectivity index (χ4v) is 3.97. The summed E-state index contributed by atoms with van der Waals surface area (Å²) in [5.41, 5.74) is 0. The number of amides is 2. The zero-order valence-corrected chi connectivity index (χ0v) is 12.3. The topological polar surface area (TPSA) is 80.6 Å². The van der Waals surface area contributed by atoms with Gasteiger partial charge in [-0.15, -0.1) is 0 Å². The number of hydrogen-bond donors (Lipinski definition) is 0. The molecule has 0 spiro atoms. The molecule has 3 aliphatic rings. The van der Waals surface area contributed by atoms with E-state index in [1.165, 1.54) is 4.90 Å². The number of hydrogen-bond acceptors (Lipinski definition) is 5. The standard InChI is InChI=1S/C14H19N5O3/c20-13(9-17-5-6-22-14(17)21)18-10-1-2-11(18)8-12(7-10)19-15-3-4-16-19/h3-4,10-12H,1-2,5-9H2. The Balaban J connectivity index is 1.43. The molecule has 4 rings (SSSR count). The second-order valence-electron chi connectivity index (χ2n) is 6.20. The van der Waals surface area contributed by atoms with Crippen LogP contribution in [0.3, 0.4) is 0 Å². The lowest BCUT2D eigenvalue weighted by Crippen LogP contribution is -2.50. The number of fused-ring (bicyclic) bond motifs is 2. The molecule has 2 unspecified atom stereocenters. The zero-order chi connectivity index (χ0) is 15.1. The first-order valence-corrected chi connectivity index (χ1v) is 7.81. The van der Waals surface area contributed by atoms with Crippen LogP contribution in [0.4, 0.5) is 4.79 Å². The van der Waals surface area contributed by atoms with Gasteiger partial charge >= 0.3 is 6.09 Å². The summed E-state index contributed by atoms with van der Waals surface area (Å²) in [7, 11) is 0. The van der Waals surface area contributed by atoms with E-state index in [2.05, 4.69) is 10.2 Å². The van der Waals surface area contributed by atoms with Crippen LogP contribution in [0.15, 0.2) is 12.4 Å². The number of aromatic nitrogens is 3. The highest BCUT2D eigenvalue weighted by Gasteiger charge is 2.44. The van der Waals surface area contributed by atoms with Gasteiger partial charge in [-0.25, -0.2) is 4.79 Å². The van der Waals surface area contributed by atoms with Gasteiger partial charge < -0.3 is 9.64 Å². The van der Waals surface area contributed by atoms with Gasteiger partial charge in [0.15, 0.2) is 0 Å². The minimum absolute atomic E-state index is 0.0400. The summed E-state index contributed by atoms with van der Waals surface area (Å²) in [5.74, 6) is 0.0400. The molecule has 1 aromatic rings. The molecule has 1 aromatic heterocycles. The first-order valence-electron chi connectivity index (χ1n) is 7.81. The fraction of sp³-hybridized carbons (Fsp3) is 0.714. The molecule has 8 nitrogen and oxygen atoms in total. The van der Waals surface area contributed by atoms with Gasteiger partial charge in [-0.2, -0.15) is 15.0 Å². The molecule has 0 aliphatic carbocycles. The summed E-state index contributed by atoms with van der Waals surface area (Å²) in [6.07, 6.45) is 6.84. The average Bonchev–Trinajstić information content (AvgIpc) is 3.21. The van der Waals surface area contributed by atoms with Gasteiger partial charge in [0.1, 0.15) is 13.2 Å². The summed E-state index contributed by atoms with van der Waals surface area (Å²) < 4.78 is 4.89. The second kappa shape index (κ2) is 5.26. The molecular weight excluding hydrogens is 286 g/mol. The lowest BCUT2D eigenvalue weighted by atomic mass is 9.97. The quantitative estimate of drug-likeness (QED) is 0.808. The largest absolute Gasteiger partial charge is 0.448 e. The zero-order valence-electron chi connectivity index (χ0n) is 12.3. The molecule has 22 heavy (non-hydrogen) atoms. The van der Waals surface area contributed by atoms with Crippen molar-refractivity contribution in [1.29, 1.82) is 0 Å². The Labute approximate surface area is 128 Å². The summed E-state index contributed by atoms with van der Waals surface area (Å²) in [6, 6.07) is 0.745. The normalized spacial score (nSPS) is 30.7. The van der Waals surface area contributed by atoms with Crippen LogP contribution in [-0.2, 0) is 9.53 Å². The number of carbonyl (C=O) groups excluding carboxylic acids is 2. The monoisotopic (exact) mass is 305 g/mol. The lowest BCUT2D eigenvalue weighted by Gasteiger charge is -2.39. The number of rotatable bonds is 3. The van der Waals surface area contributed by atoms with Gasteiger partial charge in [0.25, 0.3) is 0 Å². The van der Waals surface area contributed by atoms with Crippen molar-refractivity contribution < 1.29 is 14.3 Å². The second-order valence-corrected chi connectivity index (χ2v) is 6.20. The molecule has 2 amide bonds. The van der Waals surface area contributed by atoms with Crippen molar-refractivity contribution >= 4 is 12.0 Å². The molecular formula is C14H19N5O3. The smallest absolute Gasteiger partial charge is 0.410 e. The predicted octanol–water partition coefficient (Wildman–Crippen LogP) is 0.425. The molecule has 3 aliphatic heterocycles. The Hall–Kier alpha value is -2.12. The molecule has 0 aromatic carbocycles. The SMILES string of the molecule is O=C1OCCN1CC(=O)N1C2CCC1CC(n1nccn1)C2. The van der Waals surface area contributed by atoms with Gasteiger partial charge in [-0.05, 0) is 25.7 Å². The van der Waals surface area contributed by atoms with E-state index in [1.807, 2.05) is 4.90 Å². The first-order chi connectivity index (χ1) is 10.7. The Bertz CT molecular complexity index is 561. The van der Waals surface area contributed by atoms with Crippen molar-refractivity contribution in [2.24, 2.45) is 0 Å². The molecule has 3 saturated heterocycles. The Kier molecular flexibility index (Phi) is 3.24. The molecule has 118 valence electrons. The van der Waals surface area contributed by atoms with E-state index in [4.69, 9.17) is 4.74 Å². The first kappa shape index (κ1) is 13.5. The van der Waals surface area contributed by atoms with Crippen LogP contribution >= 0.6 is 0 Å². The summed E-state index contributed by atoms with van der Waals surface area (Å²) in [5, 5.41) is 8.46. The summed E-state index contributed by atoms with van der Waals surface area (Å²) in [4.78, 5) is 29.3. The van der Waals surface area contributed by atoms with E-state index in [0.717, 1.165) is 25.7 Å². The summed E-state index contributed by atoms with van der Waals surface area (Å²) >= 11 is 0. The minimum atomic E-state index is -0.378. The van der Waals surface area contributed by atoms with Crippen LogP contribution in [-0.4, -0.2) is 68.6 Å². The number of carbonyl (C=O) groups is 2. The maximum Gasteiger partial charge on any atom is 0.410 e. The van der Waals surface area contributed by atoms with Crippen LogP contribution in [0.25, 0.3) is 0 Å². The molecule has 2 bridgehead atoms. The van der Waals surface area contributed by atoms with E-state index >= 15 is 0 Å². The Morgan fingerprint density at radius 3 is 2.45 bits per heavy atom. The van der Waals surface area contributed by atoms with E-state index < -0.39 is 0 Å². The Morgan fingerprint density at radius 1 is 1.18 bits per heavy atom. The van der Waals surface area contributed by atoms with E-state index in [-0.39, 0.29) is 36.7 Å². The number of piperidine rings is 1. The van der Waals surface area contributed by atoms with Crippen LogP contribution in [0.2, 0.25) is 0 Å². The average molecular weight is 305 g/mol. The summed E-state index contributed by atoms with van der Waals surface area (Å²) in [6.45, 7) is 1.02. The number of ether oxygens (including phenoxy) is 1. The molecule has 0 saturated carbocycles. The van der Waals surface area contributed by atoms with Crippen molar-refractivity contribution in [2.75, 3.05) is 19.7 Å². The third-order valence-electron chi connectivity index (χ3n) is 4.93. The van der Waals surface area contributed by atoms with E-state index in [0.29, 0.717) is 13.2 Å². The molecule has 0 N–H and O–H groups in total. The molecule has 3 fully saturated rings. The predicted molar refractivity (Wildman–Crippen MR) is 74.9 cm³/mol.